The first-order valence-electron chi connectivity index (χ1n) is 10.2. The summed E-state index contributed by atoms with van der Waals surface area (Å²) in [6.07, 6.45) is 4.83. The molecule has 0 atom stereocenters. The van der Waals surface area contributed by atoms with E-state index in [0.717, 1.165) is 45.2 Å². The molecule has 0 spiro atoms. The van der Waals surface area contributed by atoms with Gasteiger partial charge >= 0.3 is 5.97 Å². The van der Waals surface area contributed by atoms with Crippen LogP contribution in [0.5, 0.6) is 0 Å². The van der Waals surface area contributed by atoms with E-state index in [1.807, 2.05) is 13.0 Å². The summed E-state index contributed by atoms with van der Waals surface area (Å²) < 4.78 is 5.51. The van der Waals surface area contributed by atoms with Gasteiger partial charge in [0.15, 0.2) is 0 Å². The van der Waals surface area contributed by atoms with Crippen molar-refractivity contribution in [3.8, 4) is 0 Å². The number of hydrogen-bond donors (Lipinski definition) is 0. The molecule has 0 N–H and O–H groups in total. The van der Waals surface area contributed by atoms with E-state index >= 15 is 0 Å². The molecule has 3 heteroatoms. The van der Waals surface area contributed by atoms with Gasteiger partial charge in [0.1, 0.15) is 0 Å². The molecule has 1 aliphatic carbocycles. The Kier molecular flexibility index (Phi) is 5.31. The molecule has 27 heavy (non-hydrogen) atoms. The van der Waals surface area contributed by atoms with Crippen molar-refractivity contribution in [3.63, 3.8) is 0 Å². The summed E-state index contributed by atoms with van der Waals surface area (Å²) in [4.78, 5) is 15.5. The van der Waals surface area contributed by atoms with Crippen LogP contribution in [0.3, 0.4) is 0 Å². The fourth-order valence-electron chi connectivity index (χ4n) is 4.83. The zero-order valence-corrected chi connectivity index (χ0v) is 16.2. The van der Waals surface area contributed by atoms with Gasteiger partial charge in [-0.3, -0.25) is 9.69 Å². The van der Waals surface area contributed by atoms with Gasteiger partial charge in [0.2, 0.25) is 0 Å². The van der Waals surface area contributed by atoms with Crippen LogP contribution in [0.2, 0.25) is 0 Å². The van der Waals surface area contributed by atoms with Gasteiger partial charge in [0, 0.05) is 6.04 Å². The lowest BCUT2D eigenvalue weighted by Crippen LogP contribution is -2.49. The lowest BCUT2D eigenvalue weighted by molar-refractivity contribution is -0.159. The van der Waals surface area contributed by atoms with E-state index in [1.165, 1.54) is 16.7 Å². The number of carbonyl (C=O) groups is 1. The van der Waals surface area contributed by atoms with Crippen molar-refractivity contribution >= 4 is 5.97 Å². The molecule has 142 valence electrons. The largest absolute Gasteiger partial charge is 0.466 e. The third-order valence-corrected chi connectivity index (χ3v) is 6.39. The number of carbonyl (C=O) groups excluding carboxylic acids is 1. The lowest BCUT2D eigenvalue weighted by atomic mass is 9.73. The molecule has 2 aromatic rings. The maximum absolute atomic E-state index is 12.9. The van der Waals surface area contributed by atoms with Gasteiger partial charge in [0.25, 0.3) is 0 Å². The second-order valence-electron chi connectivity index (χ2n) is 8.03. The molecule has 0 radical (unpaired) electrons. The van der Waals surface area contributed by atoms with Crippen LogP contribution in [0, 0.1) is 5.41 Å². The normalized spacial score (nSPS) is 19.6. The fourth-order valence-corrected chi connectivity index (χ4v) is 4.83. The number of nitrogens with zero attached hydrogens (tertiary/aromatic N) is 1. The molecule has 3 nitrogen and oxygen atoms in total. The third kappa shape index (κ3) is 3.79. The summed E-state index contributed by atoms with van der Waals surface area (Å²) in [5, 5.41) is 0. The van der Waals surface area contributed by atoms with Crippen LogP contribution >= 0.6 is 0 Å². The number of rotatable bonds is 5. The minimum absolute atomic E-state index is 0.0109. The summed E-state index contributed by atoms with van der Waals surface area (Å²) in [6, 6.07) is 19.8. The third-order valence-electron chi connectivity index (χ3n) is 6.39. The Labute approximate surface area is 162 Å². The molecule has 0 saturated carbocycles. The minimum atomic E-state index is -0.376. The topological polar surface area (TPSA) is 29.5 Å². The summed E-state index contributed by atoms with van der Waals surface area (Å²) in [6.45, 7) is 4.31. The number of piperidine rings is 1. The molecule has 0 amide bonds. The smallest absolute Gasteiger partial charge is 0.312 e. The van der Waals surface area contributed by atoms with E-state index in [2.05, 4.69) is 53.4 Å². The number of fused-ring (bicyclic) bond motifs is 1. The second-order valence-corrected chi connectivity index (χ2v) is 8.03. The number of esters is 1. The SMILES string of the molecule is CCOC(=O)C1(Cc2ccccc2)CCN(C2Cc3ccccc3C2)CC1. The highest BCUT2D eigenvalue weighted by atomic mass is 16.5. The number of hydrogen-bond acceptors (Lipinski definition) is 3. The molecule has 1 heterocycles. The van der Waals surface area contributed by atoms with E-state index in [9.17, 15) is 4.79 Å². The lowest BCUT2D eigenvalue weighted by Gasteiger charge is -2.42. The van der Waals surface area contributed by atoms with Crippen molar-refractivity contribution < 1.29 is 9.53 Å². The highest BCUT2D eigenvalue weighted by Gasteiger charge is 2.44. The first-order valence-corrected chi connectivity index (χ1v) is 10.2. The van der Waals surface area contributed by atoms with Gasteiger partial charge in [-0.15, -0.1) is 0 Å². The molecular formula is C24H29NO2. The van der Waals surface area contributed by atoms with Crippen LogP contribution in [0.1, 0.15) is 36.5 Å². The maximum atomic E-state index is 12.9. The Bertz CT molecular complexity index is 753. The highest BCUT2D eigenvalue weighted by molar-refractivity contribution is 5.77. The zero-order valence-electron chi connectivity index (χ0n) is 16.2. The van der Waals surface area contributed by atoms with E-state index < -0.39 is 0 Å². The van der Waals surface area contributed by atoms with Crippen molar-refractivity contribution in [3.05, 3.63) is 71.3 Å². The van der Waals surface area contributed by atoms with Crippen LogP contribution < -0.4 is 0 Å². The van der Waals surface area contributed by atoms with Crippen LogP contribution in [-0.4, -0.2) is 36.6 Å². The van der Waals surface area contributed by atoms with Gasteiger partial charge in [-0.05, 0) is 68.8 Å². The van der Waals surface area contributed by atoms with Gasteiger partial charge in [-0.25, -0.2) is 0 Å². The standard InChI is InChI=1S/C24H29NO2/c1-2-27-23(26)24(18-19-8-4-3-5-9-19)12-14-25(15-13-24)22-16-20-10-6-7-11-21(20)17-22/h3-11,22H,2,12-18H2,1H3. The molecular weight excluding hydrogens is 334 g/mol. The first kappa shape index (κ1) is 18.2. The molecule has 2 aromatic carbocycles. The van der Waals surface area contributed by atoms with Crippen LogP contribution in [0.4, 0.5) is 0 Å². The number of likely N-dealkylation sites (tertiary alicyclic amines) is 1. The van der Waals surface area contributed by atoms with Gasteiger partial charge < -0.3 is 4.74 Å². The maximum Gasteiger partial charge on any atom is 0.312 e. The van der Waals surface area contributed by atoms with E-state index in [1.54, 1.807) is 0 Å². The van der Waals surface area contributed by atoms with Gasteiger partial charge in [-0.1, -0.05) is 54.6 Å². The number of ether oxygens (including phenoxy) is 1. The van der Waals surface area contributed by atoms with E-state index in [0.29, 0.717) is 12.6 Å². The van der Waals surface area contributed by atoms with Gasteiger partial charge in [-0.2, -0.15) is 0 Å². The Morgan fingerprint density at radius 2 is 1.59 bits per heavy atom. The van der Waals surface area contributed by atoms with Crippen molar-refractivity contribution in [1.82, 2.24) is 4.90 Å². The average Bonchev–Trinajstić information content (AvgIpc) is 3.14. The summed E-state index contributed by atoms with van der Waals surface area (Å²) in [5.41, 5.74) is 3.84. The first-order chi connectivity index (χ1) is 13.2. The predicted molar refractivity (Wildman–Crippen MR) is 108 cm³/mol. The van der Waals surface area contributed by atoms with Crippen molar-refractivity contribution in [2.24, 2.45) is 5.41 Å². The average molecular weight is 364 g/mol. The fraction of sp³-hybridized carbons (Fsp3) is 0.458. The van der Waals surface area contributed by atoms with Crippen molar-refractivity contribution in [1.29, 1.82) is 0 Å². The van der Waals surface area contributed by atoms with Crippen LogP contribution in [-0.2, 0) is 28.8 Å². The van der Waals surface area contributed by atoms with Gasteiger partial charge in [0.05, 0.1) is 12.0 Å². The summed E-state index contributed by atoms with van der Waals surface area (Å²) >= 11 is 0. The zero-order chi connectivity index (χ0) is 18.7. The van der Waals surface area contributed by atoms with Crippen LogP contribution in [0.25, 0.3) is 0 Å². The quantitative estimate of drug-likeness (QED) is 0.751. The molecule has 1 saturated heterocycles. The predicted octanol–water partition coefficient (Wildman–Crippen LogP) is 4.04. The Hall–Kier alpha value is -2.13. The van der Waals surface area contributed by atoms with Crippen molar-refractivity contribution in [2.75, 3.05) is 19.7 Å². The Morgan fingerprint density at radius 1 is 1.00 bits per heavy atom. The van der Waals surface area contributed by atoms with E-state index in [-0.39, 0.29) is 11.4 Å². The molecule has 0 aromatic heterocycles. The molecule has 0 unspecified atom stereocenters. The molecule has 1 fully saturated rings. The van der Waals surface area contributed by atoms with E-state index in [4.69, 9.17) is 4.74 Å². The molecule has 2 aliphatic rings. The Morgan fingerprint density at radius 3 is 2.19 bits per heavy atom. The van der Waals surface area contributed by atoms with Crippen molar-refractivity contribution in [2.45, 2.75) is 45.1 Å². The van der Waals surface area contributed by atoms with Crippen LogP contribution in [0.15, 0.2) is 54.6 Å². The Balaban J connectivity index is 1.46. The number of benzene rings is 2. The molecule has 0 bridgehead atoms. The molecule has 4 rings (SSSR count). The molecule has 1 aliphatic heterocycles. The monoisotopic (exact) mass is 363 g/mol. The minimum Gasteiger partial charge on any atom is -0.466 e. The summed E-state index contributed by atoms with van der Waals surface area (Å²) in [5.74, 6) is -0.0109. The highest BCUT2D eigenvalue weighted by Crippen LogP contribution is 2.38. The second kappa shape index (κ2) is 7.85. The summed E-state index contributed by atoms with van der Waals surface area (Å²) in [7, 11) is 0.